The lowest BCUT2D eigenvalue weighted by Gasteiger charge is -2.33. The van der Waals surface area contributed by atoms with Gasteiger partial charge in [-0.25, -0.2) is 9.37 Å². The molecule has 1 atom stereocenters. The van der Waals surface area contributed by atoms with Crippen LogP contribution in [0.4, 0.5) is 21.6 Å². The Hall–Kier alpha value is -3.00. The van der Waals surface area contributed by atoms with Gasteiger partial charge in [-0.3, -0.25) is 9.59 Å². The number of likely N-dealkylation sites (N-methyl/N-ethyl adjacent to an activating group) is 1. The number of hydrogen-bond acceptors (Lipinski definition) is 5. The molecule has 1 aromatic carbocycles. The van der Waals surface area contributed by atoms with Gasteiger partial charge < -0.3 is 20.0 Å². The van der Waals surface area contributed by atoms with E-state index in [0.29, 0.717) is 5.69 Å². The lowest BCUT2D eigenvalue weighted by atomic mass is 10.1. The molecule has 0 spiro atoms. The van der Waals surface area contributed by atoms with Gasteiger partial charge in [-0.2, -0.15) is 0 Å². The number of carbonyl (C=O) groups excluding carboxylic acids is 2. The van der Waals surface area contributed by atoms with Crippen molar-refractivity contribution in [3.63, 3.8) is 0 Å². The molecule has 2 saturated heterocycles. The number of halogens is 1. The van der Waals surface area contributed by atoms with Crippen molar-refractivity contribution in [3.05, 3.63) is 47.9 Å². The Labute approximate surface area is 175 Å². The number of hydrogen-bond donors (Lipinski definition) is 1. The smallest absolute Gasteiger partial charge is 0.229 e. The van der Waals surface area contributed by atoms with Crippen LogP contribution in [-0.4, -0.2) is 61.5 Å². The minimum absolute atomic E-state index is 0.0615. The van der Waals surface area contributed by atoms with E-state index in [9.17, 15) is 14.0 Å². The van der Waals surface area contributed by atoms with Crippen LogP contribution in [0.1, 0.15) is 12.0 Å². The highest BCUT2D eigenvalue weighted by Crippen LogP contribution is 2.29. The second-order valence-electron chi connectivity index (χ2n) is 8.04. The first-order valence-corrected chi connectivity index (χ1v) is 10.2. The fourth-order valence-electron chi connectivity index (χ4n) is 3.87. The van der Waals surface area contributed by atoms with E-state index in [1.807, 2.05) is 12.1 Å². The van der Waals surface area contributed by atoms with Crippen molar-refractivity contribution >= 4 is 29.0 Å². The Kier molecular flexibility index (Phi) is 5.67. The molecule has 30 heavy (non-hydrogen) atoms. The van der Waals surface area contributed by atoms with Crippen LogP contribution in [0.2, 0.25) is 0 Å². The average Bonchev–Trinajstić information content (AvgIpc) is 3.11. The molecule has 1 aromatic heterocycles. The van der Waals surface area contributed by atoms with Gasteiger partial charge in [-0.1, -0.05) is 6.07 Å². The van der Waals surface area contributed by atoms with Crippen molar-refractivity contribution in [2.45, 2.75) is 13.3 Å². The molecule has 158 valence electrons. The maximum absolute atomic E-state index is 14.3. The van der Waals surface area contributed by atoms with E-state index in [0.717, 1.165) is 37.6 Å². The predicted octanol–water partition coefficient (Wildman–Crippen LogP) is 2.27. The number of anilines is 3. The zero-order valence-corrected chi connectivity index (χ0v) is 17.3. The molecule has 2 aromatic rings. The summed E-state index contributed by atoms with van der Waals surface area (Å²) < 4.78 is 14.3. The standard InChI is InChI=1S/C22H26FN5O2/c1-15-3-5-19(18(23)11-15)28-14-16(12-21(28)29)22(30)25-17-4-6-20(24-13-17)27-9-7-26(2)8-10-27/h3-6,11,13,16H,7-10,12,14H2,1-2H3,(H,25,30). The molecule has 0 bridgehead atoms. The molecule has 1 unspecified atom stereocenters. The Morgan fingerprint density at radius 2 is 1.93 bits per heavy atom. The summed E-state index contributed by atoms with van der Waals surface area (Å²) >= 11 is 0. The third kappa shape index (κ3) is 4.28. The lowest BCUT2D eigenvalue weighted by Crippen LogP contribution is -2.44. The van der Waals surface area contributed by atoms with Crippen molar-refractivity contribution in [1.82, 2.24) is 9.88 Å². The monoisotopic (exact) mass is 411 g/mol. The minimum atomic E-state index is -0.532. The Morgan fingerprint density at radius 3 is 2.60 bits per heavy atom. The highest BCUT2D eigenvalue weighted by molar-refractivity contribution is 6.03. The quantitative estimate of drug-likeness (QED) is 0.836. The Bertz CT molecular complexity index is 941. The number of piperazine rings is 1. The second-order valence-corrected chi connectivity index (χ2v) is 8.04. The first kappa shape index (κ1) is 20.3. The van der Waals surface area contributed by atoms with E-state index in [1.54, 1.807) is 25.3 Å². The summed E-state index contributed by atoms with van der Waals surface area (Å²) in [6.07, 6.45) is 1.70. The van der Waals surface area contributed by atoms with E-state index >= 15 is 0 Å². The number of aromatic nitrogens is 1. The summed E-state index contributed by atoms with van der Waals surface area (Å²) in [4.78, 5) is 35.4. The van der Waals surface area contributed by atoms with E-state index in [4.69, 9.17) is 0 Å². The van der Waals surface area contributed by atoms with Gasteiger partial charge in [-0.05, 0) is 43.8 Å². The number of carbonyl (C=O) groups is 2. The highest BCUT2D eigenvalue weighted by Gasteiger charge is 2.36. The first-order valence-electron chi connectivity index (χ1n) is 10.2. The van der Waals surface area contributed by atoms with Gasteiger partial charge in [0.25, 0.3) is 0 Å². The van der Waals surface area contributed by atoms with Crippen molar-refractivity contribution < 1.29 is 14.0 Å². The lowest BCUT2D eigenvalue weighted by molar-refractivity contribution is -0.122. The van der Waals surface area contributed by atoms with E-state index < -0.39 is 11.7 Å². The van der Waals surface area contributed by atoms with Gasteiger partial charge in [0, 0.05) is 39.1 Å². The molecule has 0 radical (unpaired) electrons. The van der Waals surface area contributed by atoms with Crippen molar-refractivity contribution in [1.29, 1.82) is 0 Å². The highest BCUT2D eigenvalue weighted by atomic mass is 19.1. The van der Waals surface area contributed by atoms with Crippen molar-refractivity contribution in [2.24, 2.45) is 5.92 Å². The predicted molar refractivity (Wildman–Crippen MR) is 114 cm³/mol. The van der Waals surface area contributed by atoms with Gasteiger partial charge in [-0.15, -0.1) is 0 Å². The number of amides is 2. The van der Waals surface area contributed by atoms with Crippen LogP contribution in [0.15, 0.2) is 36.5 Å². The third-order valence-electron chi connectivity index (χ3n) is 5.73. The number of nitrogens with zero attached hydrogens (tertiary/aromatic N) is 4. The first-order chi connectivity index (χ1) is 14.4. The van der Waals surface area contributed by atoms with E-state index in [2.05, 4.69) is 27.1 Å². The minimum Gasteiger partial charge on any atom is -0.354 e. The van der Waals surface area contributed by atoms with Gasteiger partial charge in [0.1, 0.15) is 11.6 Å². The van der Waals surface area contributed by atoms with Gasteiger partial charge in [0.05, 0.1) is 23.5 Å². The molecular weight excluding hydrogens is 385 g/mol. The summed E-state index contributed by atoms with van der Waals surface area (Å²) in [5.41, 5.74) is 1.59. The molecule has 2 amide bonds. The summed E-state index contributed by atoms with van der Waals surface area (Å²) in [7, 11) is 2.10. The number of aryl methyl sites for hydroxylation is 1. The third-order valence-corrected chi connectivity index (χ3v) is 5.73. The van der Waals surface area contributed by atoms with Gasteiger partial charge >= 0.3 is 0 Å². The van der Waals surface area contributed by atoms with Crippen LogP contribution in [-0.2, 0) is 9.59 Å². The molecule has 0 aliphatic carbocycles. The molecule has 7 nitrogen and oxygen atoms in total. The van der Waals surface area contributed by atoms with Crippen LogP contribution in [0.25, 0.3) is 0 Å². The van der Waals surface area contributed by atoms with Crippen LogP contribution >= 0.6 is 0 Å². The topological polar surface area (TPSA) is 68.8 Å². The molecular formula is C22H26FN5O2. The summed E-state index contributed by atoms with van der Waals surface area (Å²) in [5.74, 6) is -0.601. The van der Waals surface area contributed by atoms with E-state index in [1.165, 1.54) is 11.0 Å². The number of pyridine rings is 1. The molecule has 3 heterocycles. The number of nitrogens with one attached hydrogen (secondary N) is 1. The normalized spacial score (nSPS) is 20.0. The van der Waals surface area contributed by atoms with Gasteiger partial charge in [0.15, 0.2) is 0 Å². The van der Waals surface area contributed by atoms with Crippen molar-refractivity contribution in [2.75, 3.05) is 54.9 Å². The number of rotatable bonds is 4. The molecule has 8 heteroatoms. The molecule has 2 aliphatic rings. The molecule has 0 saturated carbocycles. The fraction of sp³-hybridized carbons (Fsp3) is 0.409. The maximum Gasteiger partial charge on any atom is 0.229 e. The van der Waals surface area contributed by atoms with Gasteiger partial charge in [0.2, 0.25) is 11.8 Å². The van der Waals surface area contributed by atoms with Crippen LogP contribution in [0.3, 0.4) is 0 Å². The summed E-state index contributed by atoms with van der Waals surface area (Å²) in [5, 5.41) is 2.84. The van der Waals surface area contributed by atoms with Crippen molar-refractivity contribution in [3.8, 4) is 0 Å². The molecule has 2 fully saturated rings. The summed E-state index contributed by atoms with van der Waals surface area (Å²) in [6, 6.07) is 8.46. The van der Waals surface area contributed by atoms with Crippen LogP contribution in [0.5, 0.6) is 0 Å². The summed E-state index contributed by atoms with van der Waals surface area (Å²) in [6.45, 7) is 5.78. The molecule has 4 rings (SSSR count). The molecule has 1 N–H and O–H groups in total. The molecule has 2 aliphatic heterocycles. The largest absolute Gasteiger partial charge is 0.354 e. The Balaban J connectivity index is 1.37. The maximum atomic E-state index is 14.3. The SMILES string of the molecule is Cc1ccc(N2CC(C(=O)Nc3ccc(N4CCN(C)CC4)nc3)CC2=O)c(F)c1. The second kappa shape index (κ2) is 8.39. The fourth-order valence-corrected chi connectivity index (χ4v) is 3.87. The zero-order valence-electron chi connectivity index (χ0n) is 17.3. The zero-order chi connectivity index (χ0) is 21.3. The average molecular weight is 411 g/mol. The number of benzene rings is 1. The van der Waals surface area contributed by atoms with Crippen LogP contribution < -0.4 is 15.1 Å². The van der Waals surface area contributed by atoms with E-state index in [-0.39, 0.29) is 30.5 Å². The van der Waals surface area contributed by atoms with Crippen LogP contribution in [0, 0.1) is 18.7 Å². The Morgan fingerprint density at radius 1 is 1.17 bits per heavy atom.